The summed E-state index contributed by atoms with van der Waals surface area (Å²) < 4.78 is 9.69. The molecule has 1 aromatic carbocycles. The van der Waals surface area contributed by atoms with Gasteiger partial charge in [0.2, 0.25) is 0 Å². The van der Waals surface area contributed by atoms with Gasteiger partial charge in [0, 0.05) is 0 Å². The van der Waals surface area contributed by atoms with Crippen LogP contribution >= 0.6 is 24.8 Å². The molecule has 1 aliphatic carbocycles. The first-order chi connectivity index (χ1) is 11.0. The van der Waals surface area contributed by atoms with E-state index in [4.69, 9.17) is 3.32 Å². The van der Waals surface area contributed by atoms with E-state index >= 15 is 0 Å². The van der Waals surface area contributed by atoms with Crippen molar-refractivity contribution in [2.45, 2.75) is 67.2 Å². The van der Waals surface area contributed by atoms with E-state index in [2.05, 4.69) is 91.8 Å². The Bertz CT molecular complexity index is 712. The van der Waals surface area contributed by atoms with E-state index in [0.29, 0.717) is 0 Å². The molecular formula is C22H34Cl2OTi. The van der Waals surface area contributed by atoms with Gasteiger partial charge in [-0.3, -0.25) is 0 Å². The zero-order valence-corrected chi connectivity index (χ0v) is 20.6. The van der Waals surface area contributed by atoms with Crippen molar-refractivity contribution < 1.29 is 21.1 Å². The van der Waals surface area contributed by atoms with Crippen molar-refractivity contribution in [3.63, 3.8) is 0 Å². The minimum absolute atomic E-state index is 0. The fourth-order valence-corrected chi connectivity index (χ4v) is 6.62. The average Bonchev–Trinajstić information content (AvgIpc) is 2.93. The van der Waals surface area contributed by atoms with Crippen LogP contribution in [0, 0.1) is 5.41 Å². The SMILES string of the molecule is C[C](C)=[Ti]([O]c1cccc(C(C)(C)C)c1)[C]1=C(C(C)(C)C)C=CC1.Cl.Cl. The molecule has 0 amide bonds. The van der Waals surface area contributed by atoms with Crippen molar-refractivity contribution in [3.8, 4) is 5.75 Å². The fraction of sp³-hybridized carbons (Fsp3) is 0.500. The number of hydrogen-bond donors (Lipinski definition) is 0. The zero-order chi connectivity index (χ0) is 18.1. The third-order valence-corrected chi connectivity index (χ3v) is 8.09. The Labute approximate surface area is 178 Å². The van der Waals surface area contributed by atoms with Gasteiger partial charge in [-0.1, -0.05) is 0 Å². The topological polar surface area (TPSA) is 9.23 Å². The van der Waals surface area contributed by atoms with Gasteiger partial charge in [0.25, 0.3) is 0 Å². The van der Waals surface area contributed by atoms with E-state index < -0.39 is 17.8 Å². The van der Waals surface area contributed by atoms with Crippen LogP contribution in [0.2, 0.25) is 0 Å². The Balaban J connectivity index is 0.00000312. The predicted molar refractivity (Wildman–Crippen MR) is 117 cm³/mol. The Morgan fingerprint density at radius 3 is 2.08 bits per heavy atom. The molecule has 0 heterocycles. The molecule has 0 atom stereocenters. The molecule has 0 bridgehead atoms. The predicted octanol–water partition coefficient (Wildman–Crippen LogP) is 7.21. The van der Waals surface area contributed by atoms with Crippen LogP contribution in [0.15, 0.2) is 45.9 Å². The normalized spacial score (nSPS) is 13.8. The molecule has 0 saturated heterocycles. The summed E-state index contributed by atoms with van der Waals surface area (Å²) in [5, 5.41) is 0. The number of allylic oxidation sites excluding steroid dienone is 4. The zero-order valence-electron chi connectivity index (χ0n) is 17.4. The van der Waals surface area contributed by atoms with Gasteiger partial charge >= 0.3 is 155 Å². The van der Waals surface area contributed by atoms with E-state index in [0.717, 1.165) is 12.2 Å². The van der Waals surface area contributed by atoms with Crippen LogP contribution in [0.25, 0.3) is 0 Å². The molecule has 4 heteroatoms. The molecule has 1 aromatic rings. The van der Waals surface area contributed by atoms with Crippen LogP contribution in [0.5, 0.6) is 5.75 Å². The third kappa shape index (κ3) is 6.38. The molecule has 0 aliphatic heterocycles. The molecule has 1 nitrogen and oxygen atoms in total. The molecule has 0 radical (unpaired) electrons. The summed E-state index contributed by atoms with van der Waals surface area (Å²) in [6.07, 6.45) is 5.69. The summed E-state index contributed by atoms with van der Waals surface area (Å²) >= 11 is -1.91. The summed E-state index contributed by atoms with van der Waals surface area (Å²) in [4.78, 5) is 0. The van der Waals surface area contributed by atoms with Crippen LogP contribution < -0.4 is 3.32 Å². The Kier molecular flexibility index (Phi) is 9.61. The summed E-state index contributed by atoms with van der Waals surface area (Å²) in [5.41, 5.74) is 3.16. The quantitative estimate of drug-likeness (QED) is 0.458. The van der Waals surface area contributed by atoms with Crippen molar-refractivity contribution in [1.82, 2.24) is 0 Å². The van der Waals surface area contributed by atoms with E-state index in [1.54, 1.807) is 3.88 Å². The first-order valence-electron chi connectivity index (χ1n) is 8.86. The number of rotatable bonds is 3. The van der Waals surface area contributed by atoms with E-state index in [1.807, 2.05) is 0 Å². The van der Waals surface area contributed by atoms with Gasteiger partial charge in [0.15, 0.2) is 0 Å². The molecule has 0 unspecified atom stereocenters. The van der Waals surface area contributed by atoms with Crippen LogP contribution in [-0.2, 0) is 23.2 Å². The fourth-order valence-electron chi connectivity index (χ4n) is 3.03. The maximum atomic E-state index is 6.65. The van der Waals surface area contributed by atoms with Crippen molar-refractivity contribution in [2.24, 2.45) is 5.41 Å². The average molecular weight is 433 g/mol. The Morgan fingerprint density at radius 2 is 1.58 bits per heavy atom. The van der Waals surface area contributed by atoms with Gasteiger partial charge in [-0.2, -0.15) is 0 Å². The second kappa shape index (κ2) is 9.74. The van der Waals surface area contributed by atoms with Crippen LogP contribution in [-0.4, -0.2) is 3.81 Å². The molecule has 0 spiro atoms. The number of hydrogen-bond acceptors (Lipinski definition) is 1. The first kappa shape index (κ1) is 25.7. The van der Waals surface area contributed by atoms with Gasteiger partial charge < -0.3 is 0 Å². The third-order valence-electron chi connectivity index (χ3n) is 4.39. The molecular weight excluding hydrogens is 399 g/mol. The van der Waals surface area contributed by atoms with Crippen molar-refractivity contribution in [2.75, 3.05) is 0 Å². The van der Waals surface area contributed by atoms with Crippen LogP contribution in [0.1, 0.15) is 67.4 Å². The largest absolute Gasteiger partial charge is 0.147 e. The maximum absolute atomic E-state index is 6.65. The molecule has 146 valence electrons. The van der Waals surface area contributed by atoms with Crippen molar-refractivity contribution >= 4 is 28.6 Å². The van der Waals surface area contributed by atoms with Crippen molar-refractivity contribution in [3.05, 3.63) is 51.4 Å². The maximum Gasteiger partial charge on any atom is -0.147 e. The monoisotopic (exact) mass is 432 g/mol. The molecule has 0 N–H and O–H groups in total. The van der Waals surface area contributed by atoms with Gasteiger partial charge in [-0.25, -0.2) is 0 Å². The van der Waals surface area contributed by atoms with Crippen LogP contribution in [0.4, 0.5) is 0 Å². The van der Waals surface area contributed by atoms with Gasteiger partial charge in [0.05, 0.1) is 0 Å². The minimum Gasteiger partial charge on any atom is -0.147 e. The van der Waals surface area contributed by atoms with Crippen LogP contribution in [0.3, 0.4) is 0 Å². The number of halogens is 2. The summed E-state index contributed by atoms with van der Waals surface area (Å²) in [6.45, 7) is 18.2. The summed E-state index contributed by atoms with van der Waals surface area (Å²) in [7, 11) is 0. The van der Waals surface area contributed by atoms with E-state index in [-0.39, 0.29) is 35.6 Å². The van der Waals surface area contributed by atoms with Crippen molar-refractivity contribution in [1.29, 1.82) is 0 Å². The standard InChI is InChI=1S/C10H14O.C9H13.C3H6.2ClH.Ti/c1-10(2,3)8-5-4-6-9(11)7-8;1-9(2,3)8-6-4-5-7-8;1-3-2;;;/h4-7,11H,1-3H3;4,6H,5H2,1-3H3;1-2H3;2*1H;/q;;;;;+1/p-1. The van der Waals surface area contributed by atoms with Gasteiger partial charge in [-0.05, 0) is 0 Å². The van der Waals surface area contributed by atoms with E-state index in [1.165, 1.54) is 14.9 Å². The van der Waals surface area contributed by atoms with Gasteiger partial charge in [0.1, 0.15) is 0 Å². The second-order valence-electron chi connectivity index (χ2n) is 8.96. The second-order valence-corrected chi connectivity index (χ2v) is 12.8. The number of benzene rings is 1. The molecule has 2 rings (SSSR count). The minimum atomic E-state index is -1.91. The molecule has 0 fully saturated rings. The van der Waals surface area contributed by atoms with Gasteiger partial charge in [-0.15, -0.1) is 24.8 Å². The smallest absolute Gasteiger partial charge is 0.147 e. The first-order valence-corrected chi connectivity index (χ1v) is 11.1. The summed E-state index contributed by atoms with van der Waals surface area (Å²) in [6, 6.07) is 8.68. The Hall–Kier alpha value is -0.336. The molecule has 1 aliphatic rings. The van der Waals surface area contributed by atoms with E-state index in [9.17, 15) is 0 Å². The Morgan fingerprint density at radius 1 is 0.962 bits per heavy atom. The molecule has 0 saturated carbocycles. The molecule has 0 aromatic heterocycles. The molecule has 26 heavy (non-hydrogen) atoms. The summed E-state index contributed by atoms with van der Waals surface area (Å²) in [5.74, 6) is 1.03.